The first-order valence-corrected chi connectivity index (χ1v) is 9.28. The molecule has 0 atom stereocenters. The molecule has 6 heteroatoms. The van der Waals surface area contributed by atoms with Gasteiger partial charge in [0.2, 0.25) is 0 Å². The minimum atomic E-state index is -0.228. The van der Waals surface area contributed by atoms with E-state index in [1.807, 2.05) is 79.3 Å². The van der Waals surface area contributed by atoms with Crippen molar-refractivity contribution in [1.82, 2.24) is 14.3 Å². The van der Waals surface area contributed by atoms with Crippen molar-refractivity contribution in [1.29, 1.82) is 0 Å². The summed E-state index contributed by atoms with van der Waals surface area (Å²) in [4.78, 5) is 13.2. The summed E-state index contributed by atoms with van der Waals surface area (Å²) in [5, 5.41) is 8.21. The number of rotatable bonds is 4. The third kappa shape index (κ3) is 3.32. The number of anilines is 1. The van der Waals surface area contributed by atoms with E-state index in [4.69, 9.17) is 11.6 Å². The zero-order chi connectivity index (χ0) is 19.7. The van der Waals surface area contributed by atoms with Crippen molar-refractivity contribution in [2.75, 3.05) is 5.32 Å². The van der Waals surface area contributed by atoms with Gasteiger partial charge in [-0.2, -0.15) is 5.10 Å². The first-order chi connectivity index (χ1) is 13.5. The van der Waals surface area contributed by atoms with Crippen LogP contribution in [0.5, 0.6) is 0 Å². The normalized spacial score (nSPS) is 10.8. The van der Waals surface area contributed by atoms with Gasteiger partial charge in [-0.1, -0.05) is 35.9 Å². The van der Waals surface area contributed by atoms with Crippen LogP contribution in [-0.4, -0.2) is 20.3 Å². The molecule has 5 nitrogen and oxygen atoms in total. The van der Waals surface area contributed by atoms with Gasteiger partial charge in [0.05, 0.1) is 11.4 Å². The van der Waals surface area contributed by atoms with Gasteiger partial charge < -0.3 is 9.88 Å². The maximum atomic E-state index is 13.2. The van der Waals surface area contributed by atoms with Gasteiger partial charge >= 0.3 is 0 Å². The lowest BCUT2D eigenvalue weighted by atomic mass is 10.1. The number of nitrogens with zero attached hydrogens (tertiary/aromatic N) is 3. The molecular weight excluding hydrogens is 372 g/mol. The van der Waals surface area contributed by atoms with Crippen molar-refractivity contribution in [3.63, 3.8) is 0 Å². The molecule has 2 aromatic heterocycles. The van der Waals surface area contributed by atoms with Crippen molar-refractivity contribution in [3.8, 4) is 11.5 Å². The van der Waals surface area contributed by atoms with Crippen LogP contribution in [0.2, 0.25) is 5.02 Å². The minimum absolute atomic E-state index is 0.228. The van der Waals surface area contributed by atoms with Gasteiger partial charge in [0.15, 0.2) is 5.82 Å². The summed E-state index contributed by atoms with van der Waals surface area (Å²) in [6.07, 6.45) is 3.80. The van der Waals surface area contributed by atoms with Gasteiger partial charge in [0.25, 0.3) is 5.91 Å². The maximum Gasteiger partial charge on any atom is 0.261 e. The molecule has 140 valence electrons. The molecule has 28 heavy (non-hydrogen) atoms. The summed E-state index contributed by atoms with van der Waals surface area (Å²) in [6, 6.07) is 19.0. The first-order valence-electron chi connectivity index (χ1n) is 8.90. The summed E-state index contributed by atoms with van der Waals surface area (Å²) in [5.74, 6) is 0.458. The number of nitrogens with one attached hydrogen (secondary N) is 1. The average molecular weight is 391 g/mol. The van der Waals surface area contributed by atoms with Gasteiger partial charge in [-0.15, -0.1) is 0 Å². The molecule has 1 amide bonds. The summed E-state index contributed by atoms with van der Waals surface area (Å²) in [5.41, 5.74) is 3.66. The highest BCUT2D eigenvalue weighted by atomic mass is 35.5. The number of aryl methyl sites for hydroxylation is 2. The predicted molar refractivity (Wildman–Crippen MR) is 112 cm³/mol. The van der Waals surface area contributed by atoms with Crippen LogP contribution >= 0.6 is 11.6 Å². The second kappa shape index (κ2) is 7.37. The number of para-hydroxylation sites is 1. The van der Waals surface area contributed by atoms with Crippen molar-refractivity contribution >= 4 is 23.2 Å². The summed E-state index contributed by atoms with van der Waals surface area (Å²) < 4.78 is 3.68. The van der Waals surface area contributed by atoms with E-state index >= 15 is 0 Å². The fraction of sp³-hybridized carbons (Fsp3) is 0.0909. The molecule has 4 aromatic rings. The summed E-state index contributed by atoms with van der Waals surface area (Å²) in [7, 11) is 0. The predicted octanol–water partition coefficient (Wildman–Crippen LogP) is 5.19. The second-order valence-corrected chi connectivity index (χ2v) is 6.97. The van der Waals surface area contributed by atoms with Gasteiger partial charge in [0, 0.05) is 23.1 Å². The molecule has 1 N–H and O–H groups in total. The van der Waals surface area contributed by atoms with Crippen molar-refractivity contribution in [2.45, 2.75) is 13.8 Å². The average Bonchev–Trinajstić information content (AvgIpc) is 3.33. The van der Waals surface area contributed by atoms with Crippen LogP contribution in [0.4, 0.5) is 5.69 Å². The molecule has 2 aromatic carbocycles. The van der Waals surface area contributed by atoms with E-state index in [2.05, 4.69) is 10.4 Å². The second-order valence-electron chi connectivity index (χ2n) is 6.54. The SMILES string of the molecule is Cc1ccc(Cl)cc1NC(=O)c1c(C)nn(-c2ccccc2)c1-n1cccc1. The highest BCUT2D eigenvalue weighted by molar-refractivity contribution is 6.31. The number of hydrogen-bond donors (Lipinski definition) is 1. The van der Waals surface area contributed by atoms with E-state index in [0.717, 1.165) is 11.3 Å². The summed E-state index contributed by atoms with van der Waals surface area (Å²) >= 11 is 6.10. The number of hydrogen-bond acceptors (Lipinski definition) is 2. The van der Waals surface area contributed by atoms with Crippen LogP contribution in [0.15, 0.2) is 73.1 Å². The number of carbonyl (C=O) groups excluding carboxylic acids is 1. The lowest BCUT2D eigenvalue weighted by Crippen LogP contribution is -2.16. The number of carbonyl (C=O) groups is 1. The Morgan fingerprint density at radius 2 is 1.71 bits per heavy atom. The fourth-order valence-electron chi connectivity index (χ4n) is 3.16. The lowest BCUT2D eigenvalue weighted by Gasteiger charge is -2.12. The fourth-order valence-corrected chi connectivity index (χ4v) is 3.33. The van der Waals surface area contributed by atoms with E-state index in [-0.39, 0.29) is 5.91 Å². The molecule has 0 radical (unpaired) electrons. The molecule has 0 saturated heterocycles. The topological polar surface area (TPSA) is 51.9 Å². The highest BCUT2D eigenvalue weighted by Crippen LogP contribution is 2.26. The zero-order valence-electron chi connectivity index (χ0n) is 15.6. The van der Waals surface area contributed by atoms with Gasteiger partial charge in [0.1, 0.15) is 5.56 Å². The van der Waals surface area contributed by atoms with Crippen LogP contribution < -0.4 is 5.32 Å². The molecule has 0 bridgehead atoms. The van der Waals surface area contributed by atoms with Gasteiger partial charge in [-0.3, -0.25) is 4.79 Å². The van der Waals surface area contributed by atoms with Crippen LogP contribution in [0, 0.1) is 13.8 Å². The zero-order valence-corrected chi connectivity index (χ0v) is 16.3. The lowest BCUT2D eigenvalue weighted by molar-refractivity contribution is 0.102. The Morgan fingerprint density at radius 1 is 1.00 bits per heavy atom. The van der Waals surface area contributed by atoms with E-state index in [1.54, 1.807) is 16.8 Å². The minimum Gasteiger partial charge on any atom is -0.322 e. The molecule has 0 spiro atoms. The van der Waals surface area contributed by atoms with Crippen molar-refractivity contribution in [2.24, 2.45) is 0 Å². The Labute approximate surface area is 168 Å². The molecule has 0 unspecified atom stereocenters. The molecule has 0 saturated carbocycles. The van der Waals surface area contributed by atoms with E-state index in [1.165, 1.54) is 0 Å². The van der Waals surface area contributed by atoms with Crippen LogP contribution in [-0.2, 0) is 0 Å². The molecule has 0 aliphatic rings. The van der Waals surface area contributed by atoms with Crippen molar-refractivity contribution in [3.05, 3.63) is 94.9 Å². The molecule has 0 aliphatic carbocycles. The number of amides is 1. The standard InChI is InChI=1S/C22H19ClN4O/c1-15-10-11-17(23)14-19(15)24-21(28)20-16(2)25-27(18-8-4-3-5-9-18)22(20)26-12-6-7-13-26/h3-14H,1-2H3,(H,24,28). The molecular formula is C22H19ClN4O. The largest absolute Gasteiger partial charge is 0.322 e. The summed E-state index contributed by atoms with van der Waals surface area (Å²) in [6.45, 7) is 3.77. The third-order valence-electron chi connectivity index (χ3n) is 4.56. The third-order valence-corrected chi connectivity index (χ3v) is 4.80. The van der Waals surface area contributed by atoms with Crippen LogP contribution in [0.25, 0.3) is 11.5 Å². The molecule has 0 fully saturated rings. The highest BCUT2D eigenvalue weighted by Gasteiger charge is 2.24. The Balaban J connectivity index is 1.84. The van der Waals surface area contributed by atoms with Crippen LogP contribution in [0.3, 0.4) is 0 Å². The monoisotopic (exact) mass is 390 g/mol. The molecule has 0 aliphatic heterocycles. The van der Waals surface area contributed by atoms with E-state index in [9.17, 15) is 4.79 Å². The number of halogens is 1. The maximum absolute atomic E-state index is 13.2. The smallest absolute Gasteiger partial charge is 0.261 e. The number of benzene rings is 2. The van der Waals surface area contributed by atoms with Gasteiger partial charge in [-0.25, -0.2) is 4.68 Å². The Bertz CT molecular complexity index is 1130. The first kappa shape index (κ1) is 18.1. The Kier molecular flexibility index (Phi) is 4.75. The Hall–Kier alpha value is -3.31. The molecule has 2 heterocycles. The quantitative estimate of drug-likeness (QED) is 0.521. The van der Waals surface area contributed by atoms with Gasteiger partial charge in [-0.05, 0) is 55.8 Å². The molecule has 4 rings (SSSR count). The van der Waals surface area contributed by atoms with Crippen LogP contribution in [0.1, 0.15) is 21.6 Å². The van der Waals surface area contributed by atoms with E-state index < -0.39 is 0 Å². The number of aromatic nitrogens is 3. The van der Waals surface area contributed by atoms with E-state index in [0.29, 0.717) is 27.8 Å². The Morgan fingerprint density at radius 3 is 2.43 bits per heavy atom. The van der Waals surface area contributed by atoms with Crippen molar-refractivity contribution < 1.29 is 4.79 Å².